The van der Waals surface area contributed by atoms with Crippen LogP contribution in [0, 0.1) is 0 Å². The van der Waals surface area contributed by atoms with Gasteiger partial charge in [-0.3, -0.25) is 4.79 Å². The first kappa shape index (κ1) is 11.5. The monoisotopic (exact) mass is 202 g/mol. The van der Waals surface area contributed by atoms with E-state index in [0.29, 0.717) is 6.42 Å². The summed E-state index contributed by atoms with van der Waals surface area (Å²) in [5.74, 6) is 0. The number of thiol groups is 1. The highest BCUT2D eigenvalue weighted by molar-refractivity contribution is 7.80. The molecule has 0 unspecified atom stereocenters. The zero-order valence-electron chi connectivity index (χ0n) is 6.83. The maximum Gasteiger partial charge on any atom is 0.221 e. The van der Waals surface area contributed by atoms with Crippen LogP contribution in [-0.4, -0.2) is 5.24 Å². The largest absolute Gasteiger partial charge is 0.281 e. The molecule has 3 heteroatoms. The predicted molar refractivity (Wildman–Crippen MR) is 54.8 cm³/mol. The molecule has 0 aliphatic heterocycles. The average Bonchev–Trinajstić information content (AvgIpc) is 2.07. The van der Waals surface area contributed by atoms with Gasteiger partial charge in [-0.05, 0) is 23.7 Å². The number of benzene rings is 1. The molecule has 0 bridgehead atoms. The summed E-state index contributed by atoms with van der Waals surface area (Å²) in [5.41, 5.74) is 0. The zero-order valence-corrected chi connectivity index (χ0v) is 8.48. The fourth-order valence-electron chi connectivity index (χ4n) is 0.428. The second-order valence-corrected chi connectivity index (χ2v) is 2.98. The minimum Gasteiger partial charge on any atom is -0.281 e. The molecule has 0 radical (unpaired) electrons. The zero-order chi connectivity index (χ0) is 9.40. The number of hydrogen-bond acceptors (Lipinski definition) is 2. The van der Waals surface area contributed by atoms with Crippen molar-refractivity contribution in [3.8, 4) is 0 Å². The van der Waals surface area contributed by atoms with Crippen LogP contribution in [0.3, 0.4) is 0 Å². The lowest BCUT2D eigenvalue weighted by molar-refractivity contribution is -0.111. The molecule has 0 aliphatic rings. The molecule has 0 saturated carbocycles. The van der Waals surface area contributed by atoms with E-state index in [1.165, 1.54) is 0 Å². The second-order valence-electron chi connectivity index (χ2n) is 2.04. The van der Waals surface area contributed by atoms with Crippen LogP contribution in [0.15, 0.2) is 35.2 Å². The van der Waals surface area contributed by atoms with Gasteiger partial charge in [0.25, 0.3) is 0 Å². The van der Waals surface area contributed by atoms with Crippen LogP contribution in [0.4, 0.5) is 0 Å². The van der Waals surface area contributed by atoms with Crippen molar-refractivity contribution < 1.29 is 4.79 Å². The Morgan fingerprint density at radius 3 is 2.00 bits per heavy atom. The van der Waals surface area contributed by atoms with E-state index in [9.17, 15) is 4.79 Å². The molecule has 1 aromatic carbocycles. The number of rotatable bonds is 1. The smallest absolute Gasteiger partial charge is 0.221 e. The van der Waals surface area contributed by atoms with E-state index >= 15 is 0 Å². The van der Waals surface area contributed by atoms with Crippen LogP contribution in [0.2, 0.25) is 0 Å². The van der Waals surface area contributed by atoms with Crippen molar-refractivity contribution in [2.75, 3.05) is 0 Å². The lowest BCUT2D eigenvalue weighted by Crippen LogP contribution is -1.74. The Hall–Kier alpha value is -0.470. The Morgan fingerprint density at radius 1 is 1.42 bits per heavy atom. The van der Waals surface area contributed by atoms with Crippen LogP contribution >= 0.6 is 24.2 Å². The Bertz CT molecular complexity index is 223. The van der Waals surface area contributed by atoms with Gasteiger partial charge in [-0.1, -0.05) is 25.1 Å². The van der Waals surface area contributed by atoms with Gasteiger partial charge < -0.3 is 0 Å². The molecule has 1 nitrogen and oxygen atoms in total. The summed E-state index contributed by atoms with van der Waals surface area (Å²) in [5, 5.41) is -0.273. The minimum absolute atomic E-state index is 0.273. The quantitative estimate of drug-likeness (QED) is 0.547. The summed E-state index contributed by atoms with van der Waals surface area (Å²) in [6.45, 7) is 1.72. The van der Waals surface area contributed by atoms with Crippen LogP contribution in [0.5, 0.6) is 0 Å². The Kier molecular flexibility index (Phi) is 6.91. The molecule has 0 amide bonds. The SMILES string of the molecule is CCC(=O)Cl.Sc1ccccc1. The van der Waals surface area contributed by atoms with E-state index in [-0.39, 0.29) is 5.24 Å². The molecule has 12 heavy (non-hydrogen) atoms. The van der Waals surface area contributed by atoms with Gasteiger partial charge in [-0.15, -0.1) is 12.6 Å². The van der Waals surface area contributed by atoms with Crippen molar-refractivity contribution in [1.82, 2.24) is 0 Å². The van der Waals surface area contributed by atoms with Gasteiger partial charge in [-0.2, -0.15) is 0 Å². The Balaban J connectivity index is 0.000000217. The van der Waals surface area contributed by atoms with E-state index in [2.05, 4.69) is 12.6 Å². The molecule has 66 valence electrons. The highest BCUT2D eigenvalue weighted by Gasteiger charge is 1.81. The molecule has 0 atom stereocenters. The van der Waals surface area contributed by atoms with E-state index in [1.807, 2.05) is 30.3 Å². The second kappa shape index (κ2) is 7.19. The maximum atomic E-state index is 9.58. The third kappa shape index (κ3) is 7.63. The molecule has 0 N–H and O–H groups in total. The van der Waals surface area contributed by atoms with Crippen LogP contribution < -0.4 is 0 Å². The first-order chi connectivity index (χ1) is 5.66. The first-order valence-electron chi connectivity index (χ1n) is 3.59. The molecule has 1 aromatic rings. The van der Waals surface area contributed by atoms with Crippen molar-refractivity contribution in [3.05, 3.63) is 30.3 Å². The van der Waals surface area contributed by atoms with E-state index in [1.54, 1.807) is 6.92 Å². The van der Waals surface area contributed by atoms with Gasteiger partial charge in [0, 0.05) is 11.3 Å². The van der Waals surface area contributed by atoms with Crippen molar-refractivity contribution in [3.63, 3.8) is 0 Å². The maximum absolute atomic E-state index is 9.58. The Labute approximate surface area is 83.2 Å². The number of carbonyl (C=O) groups is 1. The highest BCUT2D eigenvalue weighted by atomic mass is 35.5. The summed E-state index contributed by atoms with van der Waals surface area (Å²) in [4.78, 5) is 10.6. The lowest BCUT2D eigenvalue weighted by Gasteiger charge is -1.81. The van der Waals surface area contributed by atoms with Crippen molar-refractivity contribution in [2.24, 2.45) is 0 Å². The number of hydrogen-bond donors (Lipinski definition) is 1. The molecular formula is C9H11ClOS. The van der Waals surface area contributed by atoms with Crippen LogP contribution in [0.25, 0.3) is 0 Å². The van der Waals surface area contributed by atoms with Gasteiger partial charge in [0.15, 0.2) is 0 Å². The topological polar surface area (TPSA) is 17.1 Å². The summed E-state index contributed by atoms with van der Waals surface area (Å²) in [7, 11) is 0. The molecular weight excluding hydrogens is 192 g/mol. The van der Waals surface area contributed by atoms with Crippen LogP contribution in [0.1, 0.15) is 13.3 Å². The van der Waals surface area contributed by atoms with Crippen molar-refractivity contribution >= 4 is 29.5 Å². The molecule has 0 saturated heterocycles. The molecule has 0 spiro atoms. The predicted octanol–water partition coefficient (Wildman–Crippen LogP) is 3.14. The number of halogens is 1. The van der Waals surface area contributed by atoms with Crippen LogP contribution in [-0.2, 0) is 4.79 Å². The highest BCUT2D eigenvalue weighted by Crippen LogP contribution is 2.00. The third-order valence-electron chi connectivity index (χ3n) is 1.03. The third-order valence-corrected chi connectivity index (χ3v) is 1.60. The lowest BCUT2D eigenvalue weighted by atomic mass is 10.4. The molecule has 1 rings (SSSR count). The van der Waals surface area contributed by atoms with Crippen molar-refractivity contribution in [1.29, 1.82) is 0 Å². The summed E-state index contributed by atoms with van der Waals surface area (Å²) in [6, 6.07) is 9.79. The first-order valence-corrected chi connectivity index (χ1v) is 4.41. The van der Waals surface area contributed by atoms with Crippen molar-refractivity contribution in [2.45, 2.75) is 18.2 Å². The standard InChI is InChI=1S/C6H6S.C3H5ClO/c7-6-4-2-1-3-5-6;1-2-3(4)5/h1-5,7H;2H2,1H3. The Morgan fingerprint density at radius 2 is 1.83 bits per heavy atom. The molecule has 0 heterocycles. The van der Waals surface area contributed by atoms with E-state index < -0.39 is 0 Å². The minimum atomic E-state index is -0.273. The summed E-state index contributed by atoms with van der Waals surface area (Å²) < 4.78 is 0. The molecule has 0 aromatic heterocycles. The van der Waals surface area contributed by atoms with Gasteiger partial charge in [0.1, 0.15) is 0 Å². The van der Waals surface area contributed by atoms with E-state index in [0.717, 1.165) is 4.90 Å². The van der Waals surface area contributed by atoms with Gasteiger partial charge in [0.2, 0.25) is 5.24 Å². The van der Waals surface area contributed by atoms with Gasteiger partial charge >= 0.3 is 0 Å². The normalized spacial score (nSPS) is 8.25. The molecule has 0 fully saturated rings. The van der Waals surface area contributed by atoms with Gasteiger partial charge in [-0.25, -0.2) is 0 Å². The fourth-order valence-corrected chi connectivity index (χ4v) is 0.600. The van der Waals surface area contributed by atoms with Gasteiger partial charge in [0.05, 0.1) is 0 Å². The molecule has 0 aliphatic carbocycles. The summed E-state index contributed by atoms with van der Waals surface area (Å²) in [6.07, 6.45) is 0.432. The average molecular weight is 203 g/mol. The van der Waals surface area contributed by atoms with E-state index in [4.69, 9.17) is 11.6 Å². The number of carbonyl (C=O) groups excluding carboxylic acids is 1. The summed E-state index contributed by atoms with van der Waals surface area (Å²) >= 11 is 8.91. The fraction of sp³-hybridized carbons (Fsp3) is 0.222.